The van der Waals surface area contributed by atoms with Crippen molar-refractivity contribution in [2.24, 2.45) is 0 Å². The Kier molecular flexibility index (Phi) is 8.85. The van der Waals surface area contributed by atoms with Crippen molar-refractivity contribution in [1.29, 1.82) is 0 Å². The molecule has 40 heavy (non-hydrogen) atoms. The quantitative estimate of drug-likeness (QED) is 0.241. The Morgan fingerprint density at radius 3 is 2.05 bits per heavy atom. The number of nitrogens with zero attached hydrogens (tertiary/aromatic N) is 1. The van der Waals surface area contributed by atoms with Gasteiger partial charge in [-0.1, -0.05) is 51.3 Å². The molecule has 1 aliphatic rings. The van der Waals surface area contributed by atoms with Crippen LogP contribution in [0.1, 0.15) is 16.7 Å². The molecule has 0 radical (unpaired) electrons. The lowest BCUT2D eigenvalue weighted by atomic mass is 10.1. The average Bonchev–Trinajstić information content (AvgIpc) is 3.18. The molecule has 3 aromatic carbocycles. The summed E-state index contributed by atoms with van der Waals surface area (Å²) in [7, 11) is 1.44. The third-order valence-electron chi connectivity index (χ3n) is 5.88. The van der Waals surface area contributed by atoms with Gasteiger partial charge < -0.3 is 25.4 Å². The number of imide groups is 1. The predicted octanol–water partition coefficient (Wildman–Crippen LogP) is 4.62. The van der Waals surface area contributed by atoms with Crippen molar-refractivity contribution in [2.45, 2.75) is 13.8 Å². The minimum absolute atomic E-state index is 0.0120. The second-order valence-corrected chi connectivity index (χ2v) is 9.88. The van der Waals surface area contributed by atoms with Gasteiger partial charge in [-0.15, -0.1) is 0 Å². The first-order valence-corrected chi connectivity index (χ1v) is 13.0. The maximum atomic E-state index is 12.9. The molecule has 3 N–H and O–H groups in total. The number of nitrogens with one attached hydrogen (secondary N) is 3. The van der Waals surface area contributed by atoms with E-state index in [2.05, 4.69) is 31.9 Å². The van der Waals surface area contributed by atoms with E-state index in [4.69, 9.17) is 9.47 Å². The van der Waals surface area contributed by atoms with Crippen molar-refractivity contribution < 1.29 is 28.7 Å². The van der Waals surface area contributed by atoms with Gasteiger partial charge in [-0.05, 0) is 61.9 Å². The Balaban J connectivity index is 1.41. The van der Waals surface area contributed by atoms with Gasteiger partial charge in [0.1, 0.15) is 12.2 Å². The number of anilines is 2. The van der Waals surface area contributed by atoms with Crippen LogP contribution in [0.4, 0.5) is 16.2 Å². The molecule has 0 saturated carbocycles. The van der Waals surface area contributed by atoms with Crippen LogP contribution in [0.2, 0.25) is 0 Å². The number of halogens is 1. The zero-order chi connectivity index (χ0) is 28.8. The molecule has 0 unspecified atom stereocenters. The van der Waals surface area contributed by atoms with E-state index in [9.17, 15) is 19.2 Å². The molecule has 0 spiro atoms. The number of amides is 5. The Labute approximate surface area is 239 Å². The molecule has 11 heteroatoms. The number of hydrogen-bond donors (Lipinski definition) is 3. The van der Waals surface area contributed by atoms with Crippen LogP contribution in [0.5, 0.6) is 11.5 Å². The maximum absolute atomic E-state index is 12.9. The topological polar surface area (TPSA) is 126 Å². The first-order valence-electron chi connectivity index (χ1n) is 12.2. The van der Waals surface area contributed by atoms with Crippen LogP contribution in [0.15, 0.2) is 70.8 Å². The fourth-order valence-corrected chi connectivity index (χ4v) is 4.20. The van der Waals surface area contributed by atoms with Crippen molar-refractivity contribution in [3.05, 3.63) is 87.5 Å². The van der Waals surface area contributed by atoms with E-state index < -0.39 is 24.4 Å². The first kappa shape index (κ1) is 28.4. The highest BCUT2D eigenvalue weighted by molar-refractivity contribution is 9.10. The molecule has 0 aromatic heterocycles. The standard InChI is InChI=1S/C29H27BrN4O6/c1-17-4-8-20(9-5-17)31-26(35)15-34-28(37)23(33-29(34)38)12-19-13-24(39-3)25(14-22(19)30)40-16-27(36)32-21-10-6-18(2)7-11-21/h4-14H,15-16H2,1-3H3,(H,31,35)(H,32,36)(H,33,38)/b23-12+. The van der Waals surface area contributed by atoms with Crippen LogP contribution in [0.25, 0.3) is 6.08 Å². The maximum Gasteiger partial charge on any atom is 0.329 e. The zero-order valence-corrected chi connectivity index (χ0v) is 23.6. The van der Waals surface area contributed by atoms with E-state index in [1.54, 1.807) is 36.4 Å². The lowest BCUT2D eigenvalue weighted by molar-refractivity contribution is -0.127. The predicted molar refractivity (Wildman–Crippen MR) is 154 cm³/mol. The van der Waals surface area contributed by atoms with Crippen LogP contribution in [-0.4, -0.2) is 48.9 Å². The summed E-state index contributed by atoms with van der Waals surface area (Å²) in [5, 5.41) is 7.92. The second kappa shape index (κ2) is 12.5. The summed E-state index contributed by atoms with van der Waals surface area (Å²) in [5.41, 5.74) is 3.82. The molecule has 0 aliphatic carbocycles. The molecule has 1 fully saturated rings. The van der Waals surface area contributed by atoms with Crippen molar-refractivity contribution in [1.82, 2.24) is 10.2 Å². The van der Waals surface area contributed by atoms with E-state index >= 15 is 0 Å². The fraction of sp³-hybridized carbons (Fsp3) is 0.172. The van der Waals surface area contributed by atoms with E-state index in [1.165, 1.54) is 13.2 Å². The smallest absolute Gasteiger partial charge is 0.329 e. The van der Waals surface area contributed by atoms with Crippen LogP contribution < -0.4 is 25.4 Å². The lowest BCUT2D eigenvalue weighted by Crippen LogP contribution is -2.38. The average molecular weight is 607 g/mol. The molecule has 206 valence electrons. The van der Waals surface area contributed by atoms with E-state index in [1.807, 2.05) is 38.1 Å². The fourth-order valence-electron chi connectivity index (χ4n) is 3.76. The summed E-state index contributed by atoms with van der Waals surface area (Å²) >= 11 is 3.44. The van der Waals surface area contributed by atoms with Gasteiger partial charge in [0, 0.05) is 15.8 Å². The van der Waals surface area contributed by atoms with Crippen LogP contribution in [0, 0.1) is 13.8 Å². The van der Waals surface area contributed by atoms with E-state index in [-0.39, 0.29) is 18.2 Å². The number of aryl methyl sites for hydroxylation is 2. The van der Waals surface area contributed by atoms with Gasteiger partial charge in [0.25, 0.3) is 11.8 Å². The van der Waals surface area contributed by atoms with Gasteiger partial charge in [-0.25, -0.2) is 9.69 Å². The Morgan fingerprint density at radius 1 is 0.900 bits per heavy atom. The number of hydrogen-bond acceptors (Lipinski definition) is 6. The summed E-state index contributed by atoms with van der Waals surface area (Å²) in [6.07, 6.45) is 1.46. The Bertz CT molecular complexity index is 1490. The molecular formula is C29H27BrN4O6. The highest BCUT2D eigenvalue weighted by Crippen LogP contribution is 2.35. The molecule has 10 nitrogen and oxygen atoms in total. The van der Waals surface area contributed by atoms with Gasteiger partial charge in [0.15, 0.2) is 18.1 Å². The number of ether oxygens (including phenoxy) is 2. The molecule has 1 aliphatic heterocycles. The zero-order valence-electron chi connectivity index (χ0n) is 22.0. The van der Waals surface area contributed by atoms with Crippen molar-refractivity contribution in [3.8, 4) is 11.5 Å². The van der Waals surface area contributed by atoms with E-state index in [0.29, 0.717) is 32.9 Å². The molecule has 1 saturated heterocycles. The van der Waals surface area contributed by atoms with Crippen molar-refractivity contribution in [2.75, 3.05) is 30.9 Å². The number of urea groups is 1. The SMILES string of the molecule is COc1cc(/C=C2/NC(=O)N(CC(=O)Nc3ccc(C)cc3)C2=O)c(Br)cc1OCC(=O)Nc1ccc(C)cc1. The Morgan fingerprint density at radius 2 is 1.48 bits per heavy atom. The minimum atomic E-state index is -0.710. The van der Waals surface area contributed by atoms with Crippen LogP contribution in [-0.2, 0) is 14.4 Å². The van der Waals surface area contributed by atoms with Gasteiger partial charge in [-0.3, -0.25) is 14.4 Å². The molecule has 1 heterocycles. The van der Waals surface area contributed by atoms with E-state index in [0.717, 1.165) is 16.0 Å². The summed E-state index contributed by atoms with van der Waals surface area (Å²) < 4.78 is 11.6. The molecule has 0 atom stereocenters. The third-order valence-corrected chi connectivity index (χ3v) is 6.56. The molecule has 5 amide bonds. The summed E-state index contributed by atoms with van der Waals surface area (Å²) in [4.78, 5) is 51.0. The van der Waals surface area contributed by atoms with Gasteiger partial charge >= 0.3 is 6.03 Å². The van der Waals surface area contributed by atoms with Crippen molar-refractivity contribution >= 4 is 57.1 Å². The minimum Gasteiger partial charge on any atom is -0.493 e. The molecule has 3 aromatic rings. The summed E-state index contributed by atoms with van der Waals surface area (Å²) in [6, 6.07) is 17.0. The van der Waals surface area contributed by atoms with Crippen LogP contribution in [0.3, 0.4) is 0 Å². The number of carbonyl (C=O) groups is 4. The molecule has 0 bridgehead atoms. The number of carbonyl (C=O) groups excluding carboxylic acids is 4. The van der Waals surface area contributed by atoms with Gasteiger partial charge in [0.2, 0.25) is 5.91 Å². The summed E-state index contributed by atoms with van der Waals surface area (Å²) in [5.74, 6) is -0.901. The number of rotatable bonds is 9. The van der Waals surface area contributed by atoms with Gasteiger partial charge in [-0.2, -0.15) is 0 Å². The third kappa shape index (κ3) is 7.06. The molecule has 4 rings (SSSR count). The number of benzene rings is 3. The number of methoxy groups -OCH3 is 1. The van der Waals surface area contributed by atoms with Crippen molar-refractivity contribution in [3.63, 3.8) is 0 Å². The largest absolute Gasteiger partial charge is 0.493 e. The lowest BCUT2D eigenvalue weighted by Gasteiger charge is -2.13. The monoisotopic (exact) mass is 606 g/mol. The van der Waals surface area contributed by atoms with Gasteiger partial charge in [0.05, 0.1) is 7.11 Å². The van der Waals surface area contributed by atoms with Crippen LogP contribution >= 0.6 is 15.9 Å². The molecular weight excluding hydrogens is 580 g/mol. The first-order chi connectivity index (χ1) is 19.1. The highest BCUT2D eigenvalue weighted by atomic mass is 79.9. The summed E-state index contributed by atoms with van der Waals surface area (Å²) in [6.45, 7) is 3.17. The Hall–Kier alpha value is -4.64. The second-order valence-electron chi connectivity index (χ2n) is 9.02. The highest BCUT2D eigenvalue weighted by Gasteiger charge is 2.35. The normalized spacial score (nSPS) is 13.7.